The zero-order valence-electron chi connectivity index (χ0n) is 10.4. The number of hydrazone groups is 1. The van der Waals surface area contributed by atoms with Crippen molar-refractivity contribution in [2.45, 2.75) is 32.6 Å². The first-order valence-corrected chi connectivity index (χ1v) is 6.21. The second kappa shape index (κ2) is 5.62. The van der Waals surface area contributed by atoms with Gasteiger partial charge >= 0.3 is 0 Å². The van der Waals surface area contributed by atoms with Gasteiger partial charge < -0.3 is 0 Å². The fourth-order valence-corrected chi connectivity index (χ4v) is 2.23. The number of para-hydroxylation sites is 2. The Bertz CT molecular complexity index is 471. The molecular formula is C13H17N3O2. The maximum atomic E-state index is 10.8. The Morgan fingerprint density at radius 1 is 1.44 bits per heavy atom. The van der Waals surface area contributed by atoms with Crippen molar-refractivity contribution >= 4 is 17.1 Å². The summed E-state index contributed by atoms with van der Waals surface area (Å²) < 4.78 is 0. The molecule has 1 N–H and O–H groups in total. The smallest absolute Gasteiger partial charge is 0.272 e. The lowest BCUT2D eigenvalue weighted by molar-refractivity contribution is -0.384. The average Bonchev–Trinajstić information content (AvgIpc) is 2.37. The molecule has 0 saturated heterocycles. The van der Waals surface area contributed by atoms with E-state index in [1.807, 2.05) is 0 Å². The van der Waals surface area contributed by atoms with E-state index in [-0.39, 0.29) is 5.69 Å². The molecule has 5 heteroatoms. The first-order valence-electron chi connectivity index (χ1n) is 6.21. The van der Waals surface area contributed by atoms with E-state index >= 15 is 0 Å². The molecule has 0 heterocycles. The highest BCUT2D eigenvalue weighted by atomic mass is 16.6. The Hall–Kier alpha value is -1.91. The van der Waals surface area contributed by atoms with Crippen LogP contribution in [0.3, 0.4) is 0 Å². The van der Waals surface area contributed by atoms with Gasteiger partial charge in [0, 0.05) is 11.8 Å². The summed E-state index contributed by atoms with van der Waals surface area (Å²) in [6.07, 6.45) is 4.36. The van der Waals surface area contributed by atoms with Gasteiger partial charge in [0.2, 0.25) is 0 Å². The number of nitro benzene ring substituents is 1. The van der Waals surface area contributed by atoms with Crippen molar-refractivity contribution < 1.29 is 4.92 Å². The summed E-state index contributed by atoms with van der Waals surface area (Å²) in [5.41, 5.74) is 4.45. The molecule has 0 unspecified atom stereocenters. The topological polar surface area (TPSA) is 67.5 Å². The molecule has 2 rings (SSSR count). The van der Waals surface area contributed by atoms with E-state index < -0.39 is 4.92 Å². The first kappa shape index (κ1) is 12.5. The van der Waals surface area contributed by atoms with Crippen LogP contribution in [0.4, 0.5) is 11.4 Å². The van der Waals surface area contributed by atoms with Crippen molar-refractivity contribution in [2.24, 2.45) is 11.0 Å². The molecule has 0 bridgehead atoms. The molecule has 5 nitrogen and oxygen atoms in total. The Kier molecular flexibility index (Phi) is 3.92. The maximum absolute atomic E-state index is 10.8. The normalized spacial score (nSPS) is 21.8. The van der Waals surface area contributed by atoms with Crippen LogP contribution in [0, 0.1) is 16.0 Å². The summed E-state index contributed by atoms with van der Waals surface area (Å²) in [7, 11) is 0. The van der Waals surface area contributed by atoms with Gasteiger partial charge in [-0.15, -0.1) is 0 Å². The second-order valence-electron chi connectivity index (χ2n) is 4.77. The fraction of sp³-hybridized carbons (Fsp3) is 0.462. The van der Waals surface area contributed by atoms with Crippen LogP contribution in [0.1, 0.15) is 32.6 Å². The molecule has 0 aromatic heterocycles. The Morgan fingerprint density at radius 2 is 2.22 bits per heavy atom. The third-order valence-corrected chi connectivity index (χ3v) is 3.18. The van der Waals surface area contributed by atoms with E-state index in [9.17, 15) is 10.1 Å². The first-order chi connectivity index (χ1) is 8.66. The van der Waals surface area contributed by atoms with E-state index in [0.29, 0.717) is 11.6 Å². The van der Waals surface area contributed by atoms with Gasteiger partial charge in [0.1, 0.15) is 5.69 Å². The van der Waals surface area contributed by atoms with Crippen LogP contribution < -0.4 is 5.43 Å². The minimum Gasteiger partial charge on any atom is -0.272 e. The molecule has 1 aromatic rings. The predicted octanol–water partition coefficient (Wildman–Crippen LogP) is 3.57. The van der Waals surface area contributed by atoms with Crippen LogP contribution in [0.2, 0.25) is 0 Å². The largest absolute Gasteiger partial charge is 0.294 e. The number of nitrogens with zero attached hydrogens (tertiary/aromatic N) is 2. The van der Waals surface area contributed by atoms with Crippen molar-refractivity contribution in [3.63, 3.8) is 0 Å². The molecule has 1 atom stereocenters. The molecule has 1 fully saturated rings. The molecule has 1 aromatic carbocycles. The van der Waals surface area contributed by atoms with Gasteiger partial charge in [0.15, 0.2) is 0 Å². The lowest BCUT2D eigenvalue weighted by Gasteiger charge is -2.19. The molecule has 0 radical (unpaired) electrons. The number of nitrogens with one attached hydrogen (secondary N) is 1. The van der Waals surface area contributed by atoms with Crippen LogP contribution >= 0.6 is 0 Å². The minimum atomic E-state index is -0.397. The summed E-state index contributed by atoms with van der Waals surface area (Å²) >= 11 is 0. The Labute approximate surface area is 106 Å². The van der Waals surface area contributed by atoms with Crippen molar-refractivity contribution in [3.05, 3.63) is 34.4 Å². The van der Waals surface area contributed by atoms with Crippen LogP contribution in [-0.2, 0) is 0 Å². The molecule has 0 spiro atoms. The summed E-state index contributed by atoms with van der Waals surface area (Å²) in [6, 6.07) is 6.57. The van der Waals surface area contributed by atoms with Gasteiger partial charge in [-0.3, -0.25) is 15.5 Å². The number of anilines is 1. The van der Waals surface area contributed by atoms with Crippen molar-refractivity contribution in [1.29, 1.82) is 0 Å². The van der Waals surface area contributed by atoms with Gasteiger partial charge in [-0.25, -0.2) is 0 Å². The zero-order chi connectivity index (χ0) is 13.0. The highest BCUT2D eigenvalue weighted by Crippen LogP contribution is 2.25. The highest BCUT2D eigenvalue weighted by Gasteiger charge is 2.15. The molecule has 1 aliphatic carbocycles. The Balaban J connectivity index is 2.10. The van der Waals surface area contributed by atoms with E-state index in [2.05, 4.69) is 17.5 Å². The van der Waals surface area contributed by atoms with Crippen molar-refractivity contribution in [1.82, 2.24) is 0 Å². The van der Waals surface area contributed by atoms with Gasteiger partial charge in [0.25, 0.3) is 5.69 Å². The standard InChI is InChI=1S/C13H17N3O2/c1-10-5-4-6-11(9-10)14-15-12-7-2-3-8-13(12)16(17)18/h2-3,7-8,10,15H,4-6,9H2,1H3/b14-11-/t10-/m0/s1. The summed E-state index contributed by atoms with van der Waals surface area (Å²) in [5, 5.41) is 15.2. The van der Waals surface area contributed by atoms with Crippen LogP contribution in [0.5, 0.6) is 0 Å². The second-order valence-corrected chi connectivity index (χ2v) is 4.77. The maximum Gasteiger partial charge on any atom is 0.294 e. The monoisotopic (exact) mass is 247 g/mol. The van der Waals surface area contributed by atoms with Gasteiger partial charge in [0.05, 0.1) is 4.92 Å². The quantitative estimate of drug-likeness (QED) is 0.655. The van der Waals surface area contributed by atoms with Crippen molar-refractivity contribution in [3.8, 4) is 0 Å². The highest BCUT2D eigenvalue weighted by molar-refractivity contribution is 5.86. The van der Waals surface area contributed by atoms with Crippen LogP contribution in [0.15, 0.2) is 29.4 Å². The number of nitro groups is 1. The molecule has 1 aliphatic rings. The number of hydrogen-bond donors (Lipinski definition) is 1. The number of rotatable bonds is 3. The number of benzene rings is 1. The zero-order valence-corrected chi connectivity index (χ0v) is 10.4. The molecule has 0 aliphatic heterocycles. The minimum absolute atomic E-state index is 0.0608. The summed E-state index contributed by atoms with van der Waals surface area (Å²) in [4.78, 5) is 10.4. The SMILES string of the molecule is C[C@H]1CCC/C(=N/Nc2ccccc2[N+](=O)[O-])C1. The van der Waals surface area contributed by atoms with E-state index in [0.717, 1.165) is 25.0 Å². The summed E-state index contributed by atoms with van der Waals surface area (Å²) in [6.45, 7) is 2.21. The molecule has 96 valence electrons. The summed E-state index contributed by atoms with van der Waals surface area (Å²) in [5.74, 6) is 0.657. The van der Waals surface area contributed by atoms with E-state index in [1.165, 1.54) is 12.5 Å². The molecular weight excluding hydrogens is 230 g/mol. The van der Waals surface area contributed by atoms with Crippen molar-refractivity contribution in [2.75, 3.05) is 5.43 Å². The van der Waals surface area contributed by atoms with Crippen LogP contribution in [0.25, 0.3) is 0 Å². The molecule has 0 amide bonds. The van der Waals surface area contributed by atoms with E-state index in [4.69, 9.17) is 0 Å². The third kappa shape index (κ3) is 3.06. The average molecular weight is 247 g/mol. The number of hydrogen-bond acceptors (Lipinski definition) is 4. The predicted molar refractivity (Wildman–Crippen MR) is 71.8 cm³/mol. The van der Waals surface area contributed by atoms with Crippen LogP contribution in [-0.4, -0.2) is 10.6 Å². The lowest BCUT2D eigenvalue weighted by atomic mass is 9.89. The lowest BCUT2D eigenvalue weighted by Crippen LogP contribution is -2.14. The van der Waals surface area contributed by atoms with Gasteiger partial charge in [-0.05, 0) is 37.7 Å². The molecule has 1 saturated carbocycles. The molecule has 18 heavy (non-hydrogen) atoms. The Morgan fingerprint density at radius 3 is 2.94 bits per heavy atom. The van der Waals surface area contributed by atoms with E-state index in [1.54, 1.807) is 18.2 Å². The fourth-order valence-electron chi connectivity index (χ4n) is 2.23. The van der Waals surface area contributed by atoms with Gasteiger partial charge in [-0.2, -0.15) is 5.10 Å². The third-order valence-electron chi connectivity index (χ3n) is 3.18. The van der Waals surface area contributed by atoms with Gasteiger partial charge in [-0.1, -0.05) is 19.1 Å².